The largest absolute Gasteiger partial charge is 0.412 e. The summed E-state index contributed by atoms with van der Waals surface area (Å²) in [5.74, 6) is 0.815. The van der Waals surface area contributed by atoms with E-state index >= 15 is 0 Å². The van der Waals surface area contributed by atoms with Crippen LogP contribution in [0.15, 0.2) is 59.5 Å². The van der Waals surface area contributed by atoms with E-state index in [1.165, 1.54) is 6.26 Å². The van der Waals surface area contributed by atoms with E-state index in [1.54, 1.807) is 17.2 Å². The van der Waals surface area contributed by atoms with Crippen LogP contribution in [0.1, 0.15) is 11.1 Å². The second-order valence-electron chi connectivity index (χ2n) is 5.35. The normalized spacial score (nSPS) is 15.2. The maximum Gasteiger partial charge on any atom is 0.175 e. The van der Waals surface area contributed by atoms with Crippen LogP contribution in [0.25, 0.3) is 11.3 Å². The molecule has 0 fully saturated rings. The van der Waals surface area contributed by atoms with E-state index in [9.17, 15) is 8.42 Å². The minimum atomic E-state index is -3.18. The lowest BCUT2D eigenvalue weighted by molar-refractivity contribution is -0.0335. The maximum absolute atomic E-state index is 11.6. The summed E-state index contributed by atoms with van der Waals surface area (Å²) < 4.78 is 23.1. The Labute approximate surface area is 136 Å². The third-order valence-corrected chi connectivity index (χ3v) is 4.70. The Morgan fingerprint density at radius 3 is 2.13 bits per heavy atom. The molecule has 0 saturated carbocycles. The molecule has 2 aromatic rings. The summed E-state index contributed by atoms with van der Waals surface area (Å²) in [5.41, 5.74) is 3.03. The van der Waals surface area contributed by atoms with Crippen molar-refractivity contribution < 1.29 is 18.7 Å². The molecular weight excluding hydrogens is 314 g/mol. The molecule has 0 spiro atoms. The first-order valence-corrected chi connectivity index (χ1v) is 8.82. The topological polar surface area (TPSA) is 78.1 Å². The second kappa shape index (κ2) is 6.54. The van der Waals surface area contributed by atoms with Crippen molar-refractivity contribution in [1.82, 2.24) is 5.06 Å². The van der Waals surface area contributed by atoms with Gasteiger partial charge in [-0.15, -0.1) is 5.06 Å². The lowest BCUT2D eigenvalue weighted by Gasteiger charge is -2.09. The van der Waals surface area contributed by atoms with Gasteiger partial charge in [0.1, 0.15) is 0 Å². The van der Waals surface area contributed by atoms with Gasteiger partial charge in [0.05, 0.1) is 11.4 Å². The molecule has 6 heteroatoms. The molecular formula is C17H19NO4S. The predicted molar refractivity (Wildman–Crippen MR) is 90.1 cm³/mol. The van der Waals surface area contributed by atoms with Gasteiger partial charge in [-0.2, -0.15) is 0 Å². The van der Waals surface area contributed by atoms with E-state index in [0.29, 0.717) is 11.4 Å². The molecule has 0 atom stereocenters. The van der Waals surface area contributed by atoms with Gasteiger partial charge < -0.3 is 10.3 Å². The summed E-state index contributed by atoms with van der Waals surface area (Å²) in [6, 6.07) is 16.8. The molecule has 1 aliphatic rings. The summed E-state index contributed by atoms with van der Waals surface area (Å²) in [6.07, 6.45) is 1.21. The van der Waals surface area contributed by atoms with Crippen LogP contribution < -0.4 is 0 Å². The van der Waals surface area contributed by atoms with Crippen molar-refractivity contribution in [2.75, 3.05) is 19.8 Å². The molecule has 23 heavy (non-hydrogen) atoms. The summed E-state index contributed by atoms with van der Waals surface area (Å²) >= 11 is 0. The number of hydrogen-bond donors (Lipinski definition) is 0. The van der Waals surface area contributed by atoms with Crippen LogP contribution in [0.5, 0.6) is 0 Å². The Hall–Kier alpha value is -2.15. The SMILES string of the molecule is CN1CC(c2ccc(S(C)(=O)=O)cc2)=C(c2ccccc2)O1.O. The number of likely N-dealkylation sites (N-methyl/N-ethyl adjacent to an activating group) is 1. The molecule has 2 N–H and O–H groups in total. The molecule has 0 saturated heterocycles. The molecule has 0 unspecified atom stereocenters. The highest BCUT2D eigenvalue weighted by Crippen LogP contribution is 2.34. The molecule has 2 aromatic carbocycles. The summed E-state index contributed by atoms with van der Waals surface area (Å²) in [6.45, 7) is 0.655. The Morgan fingerprint density at radius 1 is 0.957 bits per heavy atom. The maximum atomic E-state index is 11.6. The Bertz CT molecular complexity index is 811. The minimum Gasteiger partial charge on any atom is -0.412 e. The molecule has 1 aliphatic heterocycles. The van der Waals surface area contributed by atoms with Crippen molar-refractivity contribution in [2.45, 2.75) is 4.90 Å². The molecule has 0 bridgehead atoms. The Morgan fingerprint density at radius 2 is 1.57 bits per heavy atom. The van der Waals surface area contributed by atoms with Gasteiger partial charge in [0, 0.05) is 24.4 Å². The molecule has 0 aliphatic carbocycles. The standard InChI is InChI=1S/C17H17NO3S.H2O/c1-18-12-16(17(21-18)14-6-4-3-5-7-14)13-8-10-15(11-9-13)22(2,19)20;/h3-11H,12H2,1-2H3;1H2. The molecule has 122 valence electrons. The van der Waals surface area contributed by atoms with E-state index in [-0.39, 0.29) is 5.48 Å². The van der Waals surface area contributed by atoms with E-state index in [1.807, 2.05) is 49.5 Å². The average molecular weight is 333 g/mol. The fraction of sp³-hybridized carbons (Fsp3) is 0.176. The zero-order valence-electron chi connectivity index (χ0n) is 13.0. The highest BCUT2D eigenvalue weighted by atomic mass is 32.2. The van der Waals surface area contributed by atoms with Crippen LogP contribution in [0, 0.1) is 0 Å². The summed E-state index contributed by atoms with van der Waals surface area (Å²) in [4.78, 5) is 6.13. The van der Waals surface area contributed by atoms with Crippen molar-refractivity contribution in [3.05, 3.63) is 65.7 Å². The van der Waals surface area contributed by atoms with Gasteiger partial charge in [0.25, 0.3) is 0 Å². The van der Waals surface area contributed by atoms with Crippen LogP contribution >= 0.6 is 0 Å². The summed E-state index contributed by atoms with van der Waals surface area (Å²) in [7, 11) is -1.30. The second-order valence-corrected chi connectivity index (χ2v) is 7.36. The van der Waals surface area contributed by atoms with Crippen LogP contribution in [0.2, 0.25) is 0 Å². The molecule has 0 aromatic heterocycles. The third kappa shape index (κ3) is 3.61. The van der Waals surface area contributed by atoms with Crippen molar-refractivity contribution in [3.8, 4) is 0 Å². The fourth-order valence-corrected chi connectivity index (χ4v) is 3.11. The van der Waals surface area contributed by atoms with Gasteiger partial charge >= 0.3 is 0 Å². The van der Waals surface area contributed by atoms with Crippen molar-refractivity contribution in [3.63, 3.8) is 0 Å². The van der Waals surface area contributed by atoms with Crippen LogP contribution in [-0.4, -0.2) is 38.8 Å². The number of rotatable bonds is 3. The summed E-state index contributed by atoms with van der Waals surface area (Å²) in [5, 5.41) is 1.77. The molecule has 3 rings (SSSR count). The first-order chi connectivity index (χ1) is 10.4. The predicted octanol–water partition coefficient (Wildman–Crippen LogP) is 2.01. The monoisotopic (exact) mass is 333 g/mol. The van der Waals surface area contributed by atoms with Crippen LogP contribution in [-0.2, 0) is 14.7 Å². The lowest BCUT2D eigenvalue weighted by atomic mass is 10.0. The molecule has 1 heterocycles. The Balaban J connectivity index is 0.00000192. The minimum absolute atomic E-state index is 0. The quantitative estimate of drug-likeness (QED) is 0.861. The van der Waals surface area contributed by atoms with Gasteiger partial charge in [-0.05, 0) is 17.7 Å². The zero-order valence-corrected chi connectivity index (χ0v) is 13.8. The lowest BCUT2D eigenvalue weighted by Crippen LogP contribution is -2.12. The van der Waals surface area contributed by atoms with Crippen LogP contribution in [0.3, 0.4) is 0 Å². The van der Waals surface area contributed by atoms with Gasteiger partial charge in [-0.1, -0.05) is 42.5 Å². The molecule has 0 amide bonds. The van der Waals surface area contributed by atoms with E-state index in [4.69, 9.17) is 4.84 Å². The van der Waals surface area contributed by atoms with Gasteiger partial charge in [-0.3, -0.25) is 0 Å². The van der Waals surface area contributed by atoms with E-state index < -0.39 is 9.84 Å². The van der Waals surface area contributed by atoms with Crippen molar-refractivity contribution >= 4 is 21.2 Å². The Kier molecular flexibility index (Phi) is 4.89. The van der Waals surface area contributed by atoms with Crippen molar-refractivity contribution in [2.24, 2.45) is 0 Å². The fourth-order valence-electron chi connectivity index (χ4n) is 2.48. The zero-order chi connectivity index (χ0) is 15.7. The molecule has 0 radical (unpaired) electrons. The van der Waals surface area contributed by atoms with Gasteiger partial charge in [0.2, 0.25) is 0 Å². The van der Waals surface area contributed by atoms with Gasteiger partial charge in [-0.25, -0.2) is 8.42 Å². The highest BCUT2D eigenvalue weighted by molar-refractivity contribution is 7.90. The van der Waals surface area contributed by atoms with Gasteiger partial charge in [0.15, 0.2) is 15.6 Å². The average Bonchev–Trinajstić information content (AvgIpc) is 2.89. The number of nitrogens with zero attached hydrogens (tertiary/aromatic N) is 1. The van der Waals surface area contributed by atoms with Crippen molar-refractivity contribution in [1.29, 1.82) is 0 Å². The number of sulfone groups is 1. The highest BCUT2D eigenvalue weighted by Gasteiger charge is 2.24. The van der Waals surface area contributed by atoms with E-state index in [0.717, 1.165) is 22.5 Å². The number of hydroxylamine groups is 2. The molecule has 5 nitrogen and oxygen atoms in total. The smallest absolute Gasteiger partial charge is 0.175 e. The van der Waals surface area contributed by atoms with Crippen LogP contribution in [0.4, 0.5) is 0 Å². The first kappa shape index (κ1) is 17.2. The van der Waals surface area contributed by atoms with E-state index in [2.05, 4.69) is 0 Å². The number of hydrogen-bond acceptors (Lipinski definition) is 4. The number of benzene rings is 2. The third-order valence-electron chi connectivity index (χ3n) is 3.57. The first-order valence-electron chi connectivity index (χ1n) is 6.93.